The fourth-order valence-corrected chi connectivity index (χ4v) is 6.45. The minimum atomic E-state index is -0.956. The van der Waals surface area contributed by atoms with Gasteiger partial charge in [-0.05, 0) is 86.6 Å². The van der Waals surface area contributed by atoms with Gasteiger partial charge >= 0.3 is 29.8 Å². The summed E-state index contributed by atoms with van der Waals surface area (Å²) in [7, 11) is 2.77. The number of carbonyl (C=O) groups is 5. The van der Waals surface area contributed by atoms with Gasteiger partial charge in [-0.2, -0.15) is 0 Å². The fraction of sp³-hybridized carbons (Fsp3) is 0.281. The molecular weight excluding hydrogens is 917 g/mol. The lowest BCUT2D eigenvalue weighted by atomic mass is 10.1. The molecule has 0 spiro atoms. The second kappa shape index (κ2) is 32.0. The highest BCUT2D eigenvalue weighted by atomic mass is 16.6. The van der Waals surface area contributed by atoms with Crippen molar-refractivity contribution in [1.29, 1.82) is 0 Å². The molecule has 382 valence electrons. The van der Waals surface area contributed by atoms with Gasteiger partial charge in [0.1, 0.15) is 12.6 Å². The van der Waals surface area contributed by atoms with E-state index in [0.29, 0.717) is 26.2 Å². The zero-order valence-electron chi connectivity index (χ0n) is 41.8. The summed E-state index contributed by atoms with van der Waals surface area (Å²) in [5.74, 6) is -3.48. The van der Waals surface area contributed by atoms with E-state index in [4.69, 9.17) is 30.5 Å². The molecule has 0 saturated carbocycles. The van der Waals surface area contributed by atoms with E-state index in [0.717, 1.165) is 34.1 Å². The minimum absolute atomic E-state index is 0.0602. The van der Waals surface area contributed by atoms with E-state index in [1.165, 1.54) is 21.1 Å². The van der Waals surface area contributed by atoms with E-state index >= 15 is 0 Å². The molecule has 6 aromatic rings. The van der Waals surface area contributed by atoms with Crippen molar-refractivity contribution in [1.82, 2.24) is 0 Å². The molecule has 1 saturated heterocycles. The molecule has 0 bridgehead atoms. The Morgan fingerprint density at radius 2 is 0.778 bits per heavy atom. The molecule has 0 unspecified atom stereocenters. The average Bonchev–Trinajstić information content (AvgIpc) is 3.43. The van der Waals surface area contributed by atoms with Gasteiger partial charge in [0.05, 0.1) is 44.5 Å². The summed E-state index contributed by atoms with van der Waals surface area (Å²) < 4.78 is 13.9. The molecule has 0 aromatic heterocycles. The molecule has 0 aliphatic carbocycles. The van der Waals surface area contributed by atoms with Gasteiger partial charge in [0.15, 0.2) is 0 Å². The SMILES string of the molecule is COC(=O)[C@@H](C)CN(c1ccccc1)c1ccccc1.COC(=O)[C@@H](N)CN(c1ccccc1)c1ccccc1.C[C@@H](CN(c1ccccc1)c1ccccc1)C(=O)O.C[C@@H](CO)C(=O)O.C[C@H]1COC1=O. The zero-order chi connectivity index (χ0) is 52.8. The predicted molar refractivity (Wildman–Crippen MR) is 282 cm³/mol. The number of aliphatic carboxylic acids is 2. The summed E-state index contributed by atoms with van der Waals surface area (Å²) >= 11 is 0. The number of aliphatic hydroxyl groups is 1. The van der Waals surface area contributed by atoms with Crippen molar-refractivity contribution in [3.63, 3.8) is 0 Å². The molecule has 1 aliphatic heterocycles. The normalized spacial score (nSPS) is 13.6. The van der Waals surface area contributed by atoms with E-state index in [9.17, 15) is 24.0 Å². The van der Waals surface area contributed by atoms with Crippen molar-refractivity contribution in [2.24, 2.45) is 29.4 Å². The zero-order valence-corrected chi connectivity index (χ0v) is 41.8. The van der Waals surface area contributed by atoms with Gasteiger partial charge in [-0.3, -0.25) is 24.0 Å². The Morgan fingerprint density at radius 1 is 0.514 bits per heavy atom. The van der Waals surface area contributed by atoms with Crippen LogP contribution in [-0.2, 0) is 38.2 Å². The minimum Gasteiger partial charge on any atom is -0.481 e. The Hall–Kier alpha value is -8.01. The van der Waals surface area contributed by atoms with Crippen molar-refractivity contribution >= 4 is 64.0 Å². The molecule has 1 heterocycles. The van der Waals surface area contributed by atoms with Gasteiger partial charge in [0, 0.05) is 53.8 Å². The second-order valence-corrected chi connectivity index (χ2v) is 16.6. The van der Waals surface area contributed by atoms with E-state index in [-0.39, 0.29) is 30.4 Å². The standard InChI is InChI=1S/C17H19NO2.C16H18N2O2.C16H17NO2.C4H8O3.C4H6O2/c1-14(17(19)20-2)13-18(15-9-5-3-6-10-15)16-11-7-4-8-12-16;1-20-16(19)15(17)12-18(13-8-4-2-5-9-13)14-10-6-3-7-11-14;1-13(16(18)19)12-17(14-8-4-2-5-9-14)15-10-6-3-7-11-15;1-3(2-5)4(6)7;1-3-2-6-4(3)5/h3-12,14H,13H2,1-2H3;2-11,15H,12,17H2,1H3;2-11,13H,12H2,1H3,(H,18,19);3,5H,2H2,1H3,(H,6,7);3H,2H2,1H3/t14-;15-;13-;2*3-/m00000/s1. The molecule has 6 aromatic carbocycles. The van der Waals surface area contributed by atoms with Crippen LogP contribution in [-0.4, -0.2) is 98.3 Å². The number of ether oxygens (including phenoxy) is 3. The van der Waals surface area contributed by atoms with Crippen molar-refractivity contribution in [3.05, 3.63) is 182 Å². The third-order valence-electron chi connectivity index (χ3n) is 10.8. The number of methoxy groups -OCH3 is 2. The molecule has 1 aliphatic rings. The monoisotopic (exact) mass is 984 g/mol. The highest BCUT2D eigenvalue weighted by Gasteiger charge is 2.25. The number of carboxylic acids is 2. The number of anilines is 6. The lowest BCUT2D eigenvalue weighted by molar-refractivity contribution is -0.167. The van der Waals surface area contributed by atoms with Crippen LogP contribution in [0.1, 0.15) is 27.7 Å². The number of nitrogens with two attached hydrogens (primary N) is 1. The number of hydrogen-bond acceptors (Lipinski definition) is 13. The van der Waals surface area contributed by atoms with Crippen molar-refractivity contribution in [3.8, 4) is 0 Å². The fourth-order valence-electron chi connectivity index (χ4n) is 6.45. The summed E-state index contributed by atoms with van der Waals surface area (Å²) in [5, 5.41) is 25.2. The van der Waals surface area contributed by atoms with Crippen molar-refractivity contribution in [2.75, 3.05) is 61.8 Å². The third kappa shape index (κ3) is 20.1. The van der Waals surface area contributed by atoms with Crippen LogP contribution < -0.4 is 20.4 Å². The molecule has 72 heavy (non-hydrogen) atoms. The van der Waals surface area contributed by atoms with Crippen LogP contribution >= 0.6 is 0 Å². The first-order valence-electron chi connectivity index (χ1n) is 23.4. The maximum Gasteiger partial charge on any atom is 0.324 e. The summed E-state index contributed by atoms with van der Waals surface area (Å²) in [6.07, 6.45) is 0. The quantitative estimate of drug-likeness (QED) is 0.0496. The highest BCUT2D eigenvalue weighted by molar-refractivity contribution is 5.78. The maximum absolute atomic E-state index is 11.7. The Bertz CT molecular complexity index is 2250. The van der Waals surface area contributed by atoms with Crippen molar-refractivity contribution < 1.29 is 53.5 Å². The number of carboxylic acid groups (broad SMARTS) is 2. The summed E-state index contributed by atoms with van der Waals surface area (Å²) in [4.78, 5) is 60.2. The predicted octanol–water partition coefficient (Wildman–Crippen LogP) is 9.38. The number of carbonyl (C=O) groups excluding carboxylic acids is 3. The molecule has 15 nitrogen and oxygen atoms in total. The Morgan fingerprint density at radius 3 is 0.972 bits per heavy atom. The first-order chi connectivity index (χ1) is 34.6. The number of aliphatic hydroxyl groups excluding tert-OH is 1. The molecule has 1 fully saturated rings. The van der Waals surface area contributed by atoms with E-state index in [2.05, 4.69) is 9.64 Å². The Kier molecular flexibility index (Phi) is 25.9. The van der Waals surface area contributed by atoms with Crippen LogP contribution in [0.4, 0.5) is 34.1 Å². The van der Waals surface area contributed by atoms with Gasteiger partial charge in [0.2, 0.25) is 0 Å². The van der Waals surface area contributed by atoms with Crippen LogP contribution in [0.2, 0.25) is 0 Å². The van der Waals surface area contributed by atoms with E-state index in [1.54, 1.807) is 6.92 Å². The lowest BCUT2D eigenvalue weighted by Crippen LogP contribution is -2.41. The molecule has 0 amide bonds. The van der Waals surface area contributed by atoms with Crippen LogP contribution in [0.5, 0.6) is 0 Å². The Labute approximate surface area is 423 Å². The molecule has 7 rings (SSSR count). The van der Waals surface area contributed by atoms with Crippen LogP contribution in [0.15, 0.2) is 182 Å². The lowest BCUT2D eigenvalue weighted by Gasteiger charge is -2.27. The summed E-state index contributed by atoms with van der Waals surface area (Å²) in [5.41, 5.74) is 12.0. The number of esters is 3. The molecular formula is C57H68N4O11. The number of rotatable bonds is 17. The second-order valence-electron chi connectivity index (χ2n) is 16.6. The van der Waals surface area contributed by atoms with Gasteiger partial charge in [-0.1, -0.05) is 123 Å². The van der Waals surface area contributed by atoms with Gasteiger partial charge in [0.25, 0.3) is 0 Å². The largest absolute Gasteiger partial charge is 0.481 e. The molecule has 5 N–H and O–H groups in total. The van der Waals surface area contributed by atoms with Crippen LogP contribution in [0.3, 0.4) is 0 Å². The Balaban J connectivity index is 0.000000253. The maximum atomic E-state index is 11.7. The number of nitrogens with zero attached hydrogens (tertiary/aromatic N) is 3. The van der Waals surface area contributed by atoms with Crippen LogP contribution in [0, 0.1) is 23.7 Å². The van der Waals surface area contributed by atoms with Gasteiger partial charge in [-0.25, -0.2) is 0 Å². The molecule has 0 radical (unpaired) electrons. The highest BCUT2D eigenvalue weighted by Crippen LogP contribution is 2.28. The summed E-state index contributed by atoms with van der Waals surface area (Å²) in [6.45, 7) is 8.64. The van der Waals surface area contributed by atoms with Gasteiger partial charge in [-0.15, -0.1) is 0 Å². The summed E-state index contributed by atoms with van der Waals surface area (Å²) in [6, 6.07) is 58.7. The number of para-hydroxylation sites is 6. The third-order valence-corrected chi connectivity index (χ3v) is 10.8. The average molecular weight is 985 g/mol. The molecule has 5 atom stereocenters. The van der Waals surface area contributed by atoms with Crippen molar-refractivity contribution in [2.45, 2.75) is 33.7 Å². The first kappa shape index (κ1) is 58.3. The van der Waals surface area contributed by atoms with E-state index in [1.807, 2.05) is 206 Å². The van der Waals surface area contributed by atoms with E-state index < -0.39 is 35.8 Å². The van der Waals surface area contributed by atoms with Gasteiger partial charge < -0.3 is 50.0 Å². The molecule has 15 heteroatoms. The number of hydrogen-bond donors (Lipinski definition) is 4. The number of benzene rings is 6. The van der Waals surface area contributed by atoms with Crippen LogP contribution in [0.25, 0.3) is 0 Å². The first-order valence-corrected chi connectivity index (χ1v) is 23.4. The topological polar surface area (TPSA) is 209 Å². The number of cyclic esters (lactones) is 1. The smallest absolute Gasteiger partial charge is 0.324 e.